The summed E-state index contributed by atoms with van der Waals surface area (Å²) in [6.07, 6.45) is 6.62. The standard InChI is InChI=1S/C20H25NO4/c22-18(14-5-6-14)13-25-16-9-7-15(8-10-16)20(23)21-11-12-24-19-4-2-1-3-17(19)21/h7-10,14,17,19H,1-6,11-13H2/t17-,19+/m0/s1. The molecule has 0 aromatic heterocycles. The van der Waals surface area contributed by atoms with Crippen LogP contribution in [0.3, 0.4) is 0 Å². The van der Waals surface area contributed by atoms with E-state index in [2.05, 4.69) is 0 Å². The van der Waals surface area contributed by atoms with Gasteiger partial charge in [0.1, 0.15) is 12.4 Å². The van der Waals surface area contributed by atoms with Crippen molar-refractivity contribution in [3.8, 4) is 5.75 Å². The maximum Gasteiger partial charge on any atom is 0.254 e. The van der Waals surface area contributed by atoms with Gasteiger partial charge in [-0.25, -0.2) is 0 Å². The summed E-state index contributed by atoms with van der Waals surface area (Å²) in [5.74, 6) is 1.10. The summed E-state index contributed by atoms with van der Waals surface area (Å²) in [4.78, 5) is 26.6. The number of hydrogen-bond donors (Lipinski definition) is 0. The second-order valence-electron chi connectivity index (χ2n) is 7.31. The zero-order valence-electron chi connectivity index (χ0n) is 14.5. The van der Waals surface area contributed by atoms with Crippen LogP contribution in [0.4, 0.5) is 0 Å². The normalized spacial score (nSPS) is 26.0. The average molecular weight is 343 g/mol. The molecule has 1 saturated heterocycles. The fourth-order valence-corrected chi connectivity index (χ4v) is 3.89. The first-order valence-corrected chi connectivity index (χ1v) is 9.40. The summed E-state index contributed by atoms with van der Waals surface area (Å²) in [5, 5.41) is 0. The Morgan fingerprint density at radius 1 is 1.08 bits per heavy atom. The summed E-state index contributed by atoms with van der Waals surface area (Å²) in [6.45, 7) is 1.41. The summed E-state index contributed by atoms with van der Waals surface area (Å²) >= 11 is 0. The van der Waals surface area contributed by atoms with Crippen LogP contribution in [0.15, 0.2) is 24.3 Å². The molecule has 4 rings (SSSR count). The number of Topliss-reactive ketones (excluding diaryl/α,β-unsaturated/α-hetero) is 1. The third-order valence-corrected chi connectivity index (χ3v) is 5.51. The van der Waals surface area contributed by atoms with Crippen molar-refractivity contribution in [2.24, 2.45) is 5.92 Å². The molecule has 2 saturated carbocycles. The Labute approximate surface area is 148 Å². The van der Waals surface area contributed by atoms with Crippen molar-refractivity contribution < 1.29 is 19.1 Å². The number of ether oxygens (including phenoxy) is 2. The van der Waals surface area contributed by atoms with E-state index in [4.69, 9.17) is 9.47 Å². The van der Waals surface area contributed by atoms with E-state index in [-0.39, 0.29) is 36.4 Å². The van der Waals surface area contributed by atoms with Gasteiger partial charge in [-0.1, -0.05) is 12.8 Å². The Bertz CT molecular complexity index is 636. The molecule has 5 nitrogen and oxygen atoms in total. The van der Waals surface area contributed by atoms with Crippen LogP contribution in [0.5, 0.6) is 5.75 Å². The number of morpholine rings is 1. The predicted molar refractivity (Wildman–Crippen MR) is 92.7 cm³/mol. The molecule has 2 atom stereocenters. The van der Waals surface area contributed by atoms with Gasteiger partial charge < -0.3 is 14.4 Å². The molecule has 2 aliphatic carbocycles. The van der Waals surface area contributed by atoms with Crippen molar-refractivity contribution >= 4 is 11.7 Å². The lowest BCUT2D eigenvalue weighted by Gasteiger charge is -2.43. The van der Waals surface area contributed by atoms with E-state index >= 15 is 0 Å². The molecule has 134 valence electrons. The minimum absolute atomic E-state index is 0.0702. The fourth-order valence-electron chi connectivity index (χ4n) is 3.89. The minimum Gasteiger partial charge on any atom is -0.486 e. The Balaban J connectivity index is 1.38. The molecule has 1 aromatic carbocycles. The van der Waals surface area contributed by atoms with Crippen molar-refractivity contribution in [2.75, 3.05) is 19.8 Å². The van der Waals surface area contributed by atoms with E-state index in [9.17, 15) is 9.59 Å². The van der Waals surface area contributed by atoms with Gasteiger partial charge in [-0.05, 0) is 49.9 Å². The zero-order chi connectivity index (χ0) is 17.2. The molecule has 1 amide bonds. The SMILES string of the molecule is O=C(COc1ccc(C(=O)N2CCO[C@@H]3CCCC[C@@H]32)cc1)C1CC1. The lowest BCUT2D eigenvalue weighted by atomic mass is 9.89. The molecule has 5 heteroatoms. The Hall–Kier alpha value is -1.88. The molecule has 1 aromatic rings. The number of carbonyl (C=O) groups is 2. The number of ketones is 1. The number of benzene rings is 1. The third kappa shape index (κ3) is 3.71. The van der Waals surface area contributed by atoms with Crippen LogP contribution in [0.2, 0.25) is 0 Å². The first-order chi connectivity index (χ1) is 12.2. The molecular weight excluding hydrogens is 318 g/mol. The smallest absolute Gasteiger partial charge is 0.254 e. The quantitative estimate of drug-likeness (QED) is 0.825. The molecule has 25 heavy (non-hydrogen) atoms. The van der Waals surface area contributed by atoms with Crippen molar-refractivity contribution in [3.63, 3.8) is 0 Å². The van der Waals surface area contributed by atoms with Gasteiger partial charge >= 0.3 is 0 Å². The van der Waals surface area contributed by atoms with Gasteiger partial charge in [0.05, 0.1) is 18.8 Å². The highest BCUT2D eigenvalue weighted by molar-refractivity contribution is 5.94. The molecule has 3 fully saturated rings. The van der Waals surface area contributed by atoms with Crippen molar-refractivity contribution in [1.82, 2.24) is 4.90 Å². The van der Waals surface area contributed by atoms with Gasteiger partial charge in [0.25, 0.3) is 5.91 Å². The summed E-state index contributed by atoms with van der Waals surface area (Å²) in [5.41, 5.74) is 0.673. The molecule has 3 aliphatic rings. The first-order valence-electron chi connectivity index (χ1n) is 9.40. The molecule has 0 spiro atoms. The van der Waals surface area contributed by atoms with Crippen LogP contribution in [-0.2, 0) is 9.53 Å². The number of carbonyl (C=O) groups excluding carboxylic acids is 2. The minimum atomic E-state index is 0.0702. The van der Waals surface area contributed by atoms with Gasteiger partial charge in [-0.2, -0.15) is 0 Å². The van der Waals surface area contributed by atoms with E-state index in [1.54, 1.807) is 24.3 Å². The lowest BCUT2D eigenvalue weighted by molar-refractivity contribution is -0.122. The van der Waals surface area contributed by atoms with Gasteiger partial charge in [0.15, 0.2) is 5.78 Å². The second kappa shape index (κ2) is 7.16. The molecule has 0 N–H and O–H groups in total. The molecular formula is C20H25NO4. The maximum absolute atomic E-state index is 12.9. The van der Waals surface area contributed by atoms with Crippen LogP contribution in [0.1, 0.15) is 48.9 Å². The Kier molecular flexibility index (Phi) is 4.75. The van der Waals surface area contributed by atoms with Gasteiger partial charge in [-0.3, -0.25) is 9.59 Å². The van der Waals surface area contributed by atoms with Crippen LogP contribution in [0.25, 0.3) is 0 Å². The Morgan fingerprint density at radius 2 is 1.84 bits per heavy atom. The van der Waals surface area contributed by atoms with E-state index < -0.39 is 0 Å². The van der Waals surface area contributed by atoms with Crippen molar-refractivity contribution in [3.05, 3.63) is 29.8 Å². The molecule has 1 aliphatic heterocycles. The van der Waals surface area contributed by atoms with Crippen LogP contribution in [-0.4, -0.2) is 48.5 Å². The highest BCUT2D eigenvalue weighted by Gasteiger charge is 2.37. The first kappa shape index (κ1) is 16.6. The largest absolute Gasteiger partial charge is 0.486 e. The van der Waals surface area contributed by atoms with Crippen LogP contribution in [0, 0.1) is 5.92 Å². The number of hydrogen-bond acceptors (Lipinski definition) is 4. The second-order valence-corrected chi connectivity index (χ2v) is 7.31. The van der Waals surface area contributed by atoms with Crippen molar-refractivity contribution in [2.45, 2.75) is 50.7 Å². The van der Waals surface area contributed by atoms with E-state index in [1.165, 1.54) is 6.42 Å². The molecule has 0 bridgehead atoms. The zero-order valence-corrected chi connectivity index (χ0v) is 14.5. The summed E-state index contributed by atoms with van der Waals surface area (Å²) < 4.78 is 11.4. The van der Waals surface area contributed by atoms with Crippen LogP contribution < -0.4 is 4.74 Å². The summed E-state index contributed by atoms with van der Waals surface area (Å²) in [7, 11) is 0. The molecule has 0 unspecified atom stereocenters. The highest BCUT2D eigenvalue weighted by atomic mass is 16.5. The number of fused-ring (bicyclic) bond motifs is 1. The van der Waals surface area contributed by atoms with Crippen molar-refractivity contribution in [1.29, 1.82) is 0 Å². The van der Waals surface area contributed by atoms with Crippen LogP contribution >= 0.6 is 0 Å². The van der Waals surface area contributed by atoms with Gasteiger partial charge in [-0.15, -0.1) is 0 Å². The monoisotopic (exact) mass is 343 g/mol. The topological polar surface area (TPSA) is 55.8 Å². The third-order valence-electron chi connectivity index (χ3n) is 5.51. The number of rotatable bonds is 5. The lowest BCUT2D eigenvalue weighted by Crippen LogP contribution is -2.54. The number of amides is 1. The summed E-state index contributed by atoms with van der Waals surface area (Å²) in [6, 6.07) is 7.37. The Morgan fingerprint density at radius 3 is 2.60 bits per heavy atom. The average Bonchev–Trinajstić information content (AvgIpc) is 3.51. The molecule has 1 heterocycles. The van der Waals surface area contributed by atoms with E-state index in [0.717, 1.165) is 32.1 Å². The van der Waals surface area contributed by atoms with Gasteiger partial charge in [0.2, 0.25) is 0 Å². The number of nitrogens with zero attached hydrogens (tertiary/aromatic N) is 1. The van der Waals surface area contributed by atoms with Gasteiger partial charge in [0, 0.05) is 18.0 Å². The highest BCUT2D eigenvalue weighted by Crippen LogP contribution is 2.31. The fraction of sp³-hybridized carbons (Fsp3) is 0.600. The van der Waals surface area contributed by atoms with E-state index in [1.807, 2.05) is 4.90 Å². The molecule has 0 radical (unpaired) electrons. The van der Waals surface area contributed by atoms with E-state index in [0.29, 0.717) is 24.5 Å². The maximum atomic E-state index is 12.9. The predicted octanol–water partition coefficient (Wildman–Crippen LogP) is 2.83.